The highest BCUT2D eigenvalue weighted by Gasteiger charge is 2.15. The fraction of sp³-hybridized carbons (Fsp3) is 0.154. The van der Waals surface area contributed by atoms with Gasteiger partial charge in [0.1, 0.15) is 17.9 Å². The number of rotatable bonds is 4. The summed E-state index contributed by atoms with van der Waals surface area (Å²) in [7, 11) is 0. The molecule has 0 fully saturated rings. The molecule has 0 aliphatic rings. The molecule has 1 unspecified atom stereocenters. The van der Waals surface area contributed by atoms with Gasteiger partial charge in [-0.15, -0.1) is 0 Å². The summed E-state index contributed by atoms with van der Waals surface area (Å²) in [5.41, 5.74) is 1.30. The first kappa shape index (κ1) is 12.7. The summed E-state index contributed by atoms with van der Waals surface area (Å²) in [6, 6.07) is 7.49. The van der Waals surface area contributed by atoms with E-state index in [-0.39, 0.29) is 5.82 Å². The molecule has 0 amide bonds. The van der Waals surface area contributed by atoms with Crippen LogP contribution in [0.15, 0.2) is 36.5 Å². The first-order chi connectivity index (χ1) is 8.74. The number of carbonyl (C=O) groups is 1. The summed E-state index contributed by atoms with van der Waals surface area (Å²) in [4.78, 5) is 19.5. The molecule has 0 aliphatic carbocycles. The number of benzene rings is 1. The van der Waals surface area contributed by atoms with E-state index in [1.807, 2.05) is 0 Å². The highest BCUT2D eigenvalue weighted by atomic mass is 32.1. The molecule has 1 heterocycles. The molecule has 0 aliphatic heterocycles. The van der Waals surface area contributed by atoms with Crippen molar-refractivity contribution in [3.8, 4) is 0 Å². The lowest BCUT2D eigenvalue weighted by Gasteiger charge is -2.10. The Morgan fingerprint density at radius 1 is 1.28 bits per heavy atom. The third kappa shape index (κ3) is 2.73. The van der Waals surface area contributed by atoms with Crippen molar-refractivity contribution in [3.05, 3.63) is 59.4 Å². The minimum atomic E-state index is -0.507. The second kappa shape index (κ2) is 5.73. The molecular formula is C13H11FN2OS. The van der Waals surface area contributed by atoms with E-state index in [0.29, 0.717) is 22.8 Å². The summed E-state index contributed by atoms with van der Waals surface area (Å²) in [5, 5.41) is 0. The van der Waals surface area contributed by atoms with Crippen LogP contribution in [0.25, 0.3) is 0 Å². The van der Waals surface area contributed by atoms with E-state index in [0.717, 1.165) is 6.29 Å². The van der Waals surface area contributed by atoms with Crippen LogP contribution in [0.2, 0.25) is 0 Å². The monoisotopic (exact) mass is 262 g/mol. The molecule has 1 atom stereocenters. The molecule has 92 valence electrons. The molecule has 2 aromatic rings. The number of aromatic nitrogens is 2. The van der Waals surface area contributed by atoms with Crippen LogP contribution in [0.5, 0.6) is 0 Å². The molecule has 0 radical (unpaired) electrons. The smallest absolute Gasteiger partial charge is 0.138 e. The quantitative estimate of drug-likeness (QED) is 0.679. The van der Waals surface area contributed by atoms with Gasteiger partial charge in [0.2, 0.25) is 0 Å². The molecule has 5 heteroatoms. The van der Waals surface area contributed by atoms with Gasteiger partial charge in [-0.05, 0) is 23.8 Å². The minimum Gasteiger partial charge on any atom is -0.302 e. The molecule has 0 saturated heterocycles. The van der Waals surface area contributed by atoms with E-state index in [4.69, 9.17) is 0 Å². The van der Waals surface area contributed by atoms with Gasteiger partial charge >= 0.3 is 0 Å². The number of halogens is 1. The zero-order chi connectivity index (χ0) is 13.0. The first-order valence-electron chi connectivity index (χ1n) is 5.38. The highest BCUT2D eigenvalue weighted by molar-refractivity contribution is 7.79. The lowest BCUT2D eigenvalue weighted by Crippen LogP contribution is -2.07. The average molecular weight is 262 g/mol. The maximum Gasteiger partial charge on any atom is 0.138 e. The fourth-order valence-electron chi connectivity index (χ4n) is 1.65. The Hall–Kier alpha value is -1.75. The minimum absolute atomic E-state index is 0.331. The van der Waals surface area contributed by atoms with Crippen LogP contribution >= 0.6 is 12.6 Å². The van der Waals surface area contributed by atoms with Gasteiger partial charge in [-0.1, -0.05) is 12.1 Å². The van der Waals surface area contributed by atoms with Crippen LogP contribution in [-0.4, -0.2) is 16.3 Å². The predicted molar refractivity (Wildman–Crippen MR) is 69.0 cm³/mol. The number of carbonyl (C=O) groups excluding carboxylic acids is 1. The van der Waals surface area contributed by atoms with Crippen molar-refractivity contribution in [3.63, 3.8) is 0 Å². The Labute approximate surface area is 110 Å². The zero-order valence-corrected chi connectivity index (χ0v) is 10.3. The second-order valence-corrected chi connectivity index (χ2v) is 4.04. The number of hydrogen-bond acceptors (Lipinski definition) is 4. The van der Waals surface area contributed by atoms with Crippen LogP contribution < -0.4 is 0 Å². The van der Waals surface area contributed by atoms with E-state index in [9.17, 15) is 9.18 Å². The largest absolute Gasteiger partial charge is 0.302 e. The van der Waals surface area contributed by atoms with Crippen LogP contribution in [0.4, 0.5) is 4.39 Å². The van der Waals surface area contributed by atoms with Gasteiger partial charge in [0, 0.05) is 6.20 Å². The molecule has 0 bridgehead atoms. The van der Waals surface area contributed by atoms with Crippen LogP contribution in [0.1, 0.15) is 23.0 Å². The van der Waals surface area contributed by atoms with E-state index in [1.165, 1.54) is 12.1 Å². The summed E-state index contributed by atoms with van der Waals surface area (Å²) >= 11 is 4.09. The topological polar surface area (TPSA) is 42.9 Å². The number of hydrogen-bond donors (Lipinski definition) is 1. The van der Waals surface area contributed by atoms with Crippen molar-refractivity contribution in [2.75, 3.05) is 0 Å². The third-order valence-corrected chi connectivity index (χ3v) is 2.84. The normalized spacial score (nSPS) is 12.1. The van der Waals surface area contributed by atoms with E-state index < -0.39 is 5.92 Å². The van der Waals surface area contributed by atoms with Crippen LogP contribution in [0, 0.1) is 5.82 Å². The molecule has 3 nitrogen and oxygen atoms in total. The van der Waals surface area contributed by atoms with E-state index in [2.05, 4.69) is 22.6 Å². The summed E-state index contributed by atoms with van der Waals surface area (Å²) < 4.78 is 12.9. The molecule has 18 heavy (non-hydrogen) atoms. The van der Waals surface area contributed by atoms with E-state index >= 15 is 0 Å². The second-order valence-electron chi connectivity index (χ2n) is 3.72. The Kier molecular flexibility index (Phi) is 4.04. The van der Waals surface area contributed by atoms with Crippen molar-refractivity contribution in [2.45, 2.75) is 11.7 Å². The predicted octanol–water partition coefficient (Wildman–Crippen LogP) is 2.38. The Morgan fingerprint density at radius 2 is 2.00 bits per heavy atom. The summed E-state index contributed by atoms with van der Waals surface area (Å²) in [6.45, 7) is 0. The van der Waals surface area contributed by atoms with Crippen molar-refractivity contribution in [1.82, 2.24) is 9.97 Å². The summed E-state index contributed by atoms with van der Waals surface area (Å²) in [6.07, 6.45) is 2.38. The number of nitrogens with zero attached hydrogens (tertiary/aromatic N) is 2. The fourth-order valence-corrected chi connectivity index (χ4v) is 1.81. The highest BCUT2D eigenvalue weighted by Crippen LogP contribution is 2.21. The van der Waals surface area contributed by atoms with Gasteiger partial charge in [-0.3, -0.25) is 0 Å². The van der Waals surface area contributed by atoms with E-state index in [1.54, 1.807) is 24.4 Å². The SMILES string of the molecule is O=CC(c1ccc(F)cc1)c1ccnc(CS)n1. The van der Waals surface area contributed by atoms with Gasteiger partial charge < -0.3 is 4.79 Å². The van der Waals surface area contributed by atoms with Gasteiger partial charge in [0.15, 0.2) is 0 Å². The van der Waals surface area contributed by atoms with Gasteiger partial charge in [0.05, 0.1) is 17.4 Å². The molecule has 1 aromatic heterocycles. The third-order valence-electron chi connectivity index (χ3n) is 2.55. The maximum atomic E-state index is 12.9. The average Bonchev–Trinajstić information content (AvgIpc) is 2.42. The maximum absolute atomic E-state index is 12.9. The Balaban J connectivity index is 2.38. The van der Waals surface area contributed by atoms with Crippen molar-refractivity contribution >= 4 is 18.9 Å². The molecule has 0 saturated carbocycles. The lowest BCUT2D eigenvalue weighted by atomic mass is 9.97. The van der Waals surface area contributed by atoms with Gasteiger partial charge in [-0.25, -0.2) is 14.4 Å². The standard InChI is InChI=1S/C13H11FN2OS/c14-10-3-1-9(2-4-10)11(7-17)12-5-6-15-13(8-18)16-12/h1-7,11,18H,8H2. The molecule has 0 N–H and O–H groups in total. The van der Waals surface area contributed by atoms with Crippen molar-refractivity contribution < 1.29 is 9.18 Å². The Morgan fingerprint density at radius 3 is 2.61 bits per heavy atom. The number of aldehydes is 1. The van der Waals surface area contributed by atoms with Crippen molar-refractivity contribution in [1.29, 1.82) is 0 Å². The molecule has 0 spiro atoms. The van der Waals surface area contributed by atoms with Gasteiger partial charge in [-0.2, -0.15) is 12.6 Å². The molecular weight excluding hydrogens is 251 g/mol. The van der Waals surface area contributed by atoms with Crippen LogP contribution in [-0.2, 0) is 10.5 Å². The van der Waals surface area contributed by atoms with Gasteiger partial charge in [0.25, 0.3) is 0 Å². The Bertz CT molecular complexity index is 545. The summed E-state index contributed by atoms with van der Waals surface area (Å²) in [5.74, 6) is 0.127. The number of thiol groups is 1. The molecule has 1 aromatic carbocycles. The first-order valence-corrected chi connectivity index (χ1v) is 6.01. The molecule has 2 rings (SSSR count). The zero-order valence-electron chi connectivity index (χ0n) is 9.45. The lowest BCUT2D eigenvalue weighted by molar-refractivity contribution is -0.108. The van der Waals surface area contributed by atoms with Crippen LogP contribution in [0.3, 0.4) is 0 Å². The van der Waals surface area contributed by atoms with Crippen molar-refractivity contribution in [2.24, 2.45) is 0 Å².